The Balaban J connectivity index is 1.08. The highest BCUT2D eigenvalue weighted by atomic mass is 35.5. The fourth-order valence-electron chi connectivity index (χ4n) is 6.03. The maximum absolute atomic E-state index is 13.1. The predicted molar refractivity (Wildman–Crippen MR) is 147 cm³/mol. The molecule has 37 heavy (non-hydrogen) atoms. The molecule has 7 heteroatoms. The van der Waals surface area contributed by atoms with Gasteiger partial charge in [0.1, 0.15) is 0 Å². The highest BCUT2D eigenvalue weighted by Gasteiger charge is 2.38. The zero-order valence-corrected chi connectivity index (χ0v) is 22.5. The molecule has 0 aliphatic carbocycles. The van der Waals surface area contributed by atoms with Crippen molar-refractivity contribution < 1.29 is 14.7 Å². The number of benzene rings is 2. The topological polar surface area (TPSA) is 64.1 Å². The van der Waals surface area contributed by atoms with Crippen molar-refractivity contribution in [3.63, 3.8) is 0 Å². The molecule has 0 spiro atoms. The van der Waals surface area contributed by atoms with E-state index in [1.165, 1.54) is 6.42 Å². The van der Waals surface area contributed by atoms with Crippen molar-refractivity contribution in [1.82, 2.24) is 9.80 Å². The lowest BCUT2D eigenvalue weighted by molar-refractivity contribution is -0.152. The number of likely N-dealkylation sites (tertiary alicyclic amines) is 2. The number of hydrogen-bond acceptors (Lipinski definition) is 4. The molecule has 0 unspecified atom stereocenters. The molecule has 2 aromatic rings. The quantitative estimate of drug-likeness (QED) is 0.582. The number of hydrogen-bond donors (Lipinski definition) is 1. The Hall–Kier alpha value is -2.57. The van der Waals surface area contributed by atoms with Gasteiger partial charge in [0.25, 0.3) is 11.8 Å². The van der Waals surface area contributed by atoms with Gasteiger partial charge >= 0.3 is 0 Å². The van der Waals surface area contributed by atoms with Crippen LogP contribution in [0.25, 0.3) is 0 Å². The van der Waals surface area contributed by atoms with E-state index in [4.69, 9.17) is 11.6 Å². The summed E-state index contributed by atoms with van der Waals surface area (Å²) in [7, 11) is 0. The van der Waals surface area contributed by atoms with Crippen molar-refractivity contribution in [1.29, 1.82) is 0 Å². The van der Waals surface area contributed by atoms with E-state index >= 15 is 0 Å². The summed E-state index contributed by atoms with van der Waals surface area (Å²) < 4.78 is 0. The summed E-state index contributed by atoms with van der Waals surface area (Å²) in [6, 6.07) is 15.1. The monoisotopic (exact) mass is 523 g/mol. The van der Waals surface area contributed by atoms with Crippen LogP contribution in [-0.4, -0.2) is 66.0 Å². The first kappa shape index (κ1) is 26.1. The van der Waals surface area contributed by atoms with Gasteiger partial charge in [-0.2, -0.15) is 0 Å². The van der Waals surface area contributed by atoms with Crippen LogP contribution in [0, 0.1) is 11.8 Å². The Morgan fingerprint density at radius 1 is 0.892 bits per heavy atom. The van der Waals surface area contributed by atoms with Crippen LogP contribution in [0.15, 0.2) is 48.5 Å². The number of nitrogens with zero attached hydrogens (tertiary/aromatic N) is 3. The lowest BCUT2D eigenvalue weighted by Gasteiger charge is -2.39. The molecule has 0 radical (unpaired) electrons. The summed E-state index contributed by atoms with van der Waals surface area (Å²) in [4.78, 5) is 31.7. The van der Waals surface area contributed by atoms with Crippen LogP contribution >= 0.6 is 11.6 Å². The van der Waals surface area contributed by atoms with Gasteiger partial charge in [0, 0.05) is 45.0 Å². The number of piperidine rings is 2. The van der Waals surface area contributed by atoms with Gasteiger partial charge in [-0.05, 0) is 81.0 Å². The lowest BCUT2D eigenvalue weighted by Crippen LogP contribution is -2.48. The third-order valence-corrected chi connectivity index (χ3v) is 8.94. The van der Waals surface area contributed by atoms with Crippen LogP contribution < -0.4 is 4.90 Å². The Morgan fingerprint density at radius 2 is 1.51 bits per heavy atom. The summed E-state index contributed by atoms with van der Waals surface area (Å²) in [5.41, 5.74) is 0.869. The number of anilines is 1. The Bertz CT molecular complexity index is 1100. The summed E-state index contributed by atoms with van der Waals surface area (Å²) in [6.45, 7) is 6.69. The summed E-state index contributed by atoms with van der Waals surface area (Å²) in [5.74, 6) is 1.17. The highest BCUT2D eigenvalue weighted by Crippen LogP contribution is 2.34. The molecule has 0 bridgehead atoms. The molecule has 0 saturated carbocycles. The minimum atomic E-state index is -1.48. The van der Waals surface area contributed by atoms with Gasteiger partial charge in [-0.25, -0.2) is 0 Å². The minimum Gasteiger partial charge on any atom is -0.376 e. The van der Waals surface area contributed by atoms with Crippen molar-refractivity contribution in [2.45, 2.75) is 51.0 Å². The summed E-state index contributed by atoms with van der Waals surface area (Å²) in [5, 5.41) is 11.5. The van der Waals surface area contributed by atoms with Gasteiger partial charge in [0.15, 0.2) is 5.60 Å². The zero-order chi connectivity index (χ0) is 26.0. The molecular formula is C30H38ClN3O3. The fraction of sp³-hybridized carbons (Fsp3) is 0.533. The number of rotatable bonds is 6. The summed E-state index contributed by atoms with van der Waals surface area (Å²) >= 11 is 6.51. The molecule has 198 valence electrons. The molecule has 0 aromatic heterocycles. The maximum Gasteiger partial charge on any atom is 0.258 e. The van der Waals surface area contributed by atoms with Gasteiger partial charge in [-0.3, -0.25) is 9.59 Å². The standard InChI is InChI=1S/C30H38ClN3O3/c1-30(37,24-6-3-2-4-7-24)29(36)34-18-12-23(13-19-34)20-22-10-16-32(17-11-22)25-8-9-26(27(31)21-25)28(35)33-14-5-15-33/h2-4,6-9,21-23,37H,5,10-20H2,1H3/t30-/m1/s1. The zero-order valence-electron chi connectivity index (χ0n) is 21.7. The minimum absolute atomic E-state index is 0.0398. The molecule has 1 atom stereocenters. The average molecular weight is 524 g/mol. The smallest absolute Gasteiger partial charge is 0.258 e. The van der Waals surface area contributed by atoms with E-state index in [0.717, 1.165) is 64.0 Å². The molecule has 1 N–H and O–H groups in total. The van der Waals surface area contributed by atoms with Gasteiger partial charge in [0.05, 0.1) is 10.6 Å². The molecular weight excluding hydrogens is 486 g/mol. The lowest BCUT2D eigenvalue weighted by atomic mass is 9.82. The second kappa shape index (κ2) is 11.0. The fourth-order valence-corrected chi connectivity index (χ4v) is 6.28. The van der Waals surface area contributed by atoms with Crippen LogP contribution in [0.5, 0.6) is 0 Å². The van der Waals surface area contributed by atoms with E-state index in [1.807, 2.05) is 58.3 Å². The van der Waals surface area contributed by atoms with Crippen molar-refractivity contribution in [3.8, 4) is 0 Å². The molecule has 3 fully saturated rings. The number of aliphatic hydroxyl groups is 1. The molecule has 5 rings (SSSR count). The molecule has 3 aliphatic rings. The number of carbonyl (C=O) groups excluding carboxylic acids is 2. The first-order valence-electron chi connectivity index (χ1n) is 13.7. The predicted octanol–water partition coefficient (Wildman–Crippen LogP) is 4.94. The summed E-state index contributed by atoms with van der Waals surface area (Å²) in [6.07, 6.45) is 6.57. The number of amides is 2. The highest BCUT2D eigenvalue weighted by molar-refractivity contribution is 6.34. The molecule has 2 aromatic carbocycles. The molecule has 3 saturated heterocycles. The van der Waals surface area contributed by atoms with Crippen LogP contribution in [0.2, 0.25) is 5.02 Å². The van der Waals surface area contributed by atoms with E-state index in [0.29, 0.717) is 41.1 Å². The maximum atomic E-state index is 13.1. The van der Waals surface area contributed by atoms with Crippen molar-refractivity contribution in [2.75, 3.05) is 44.2 Å². The Labute approximate surface area is 225 Å². The van der Waals surface area contributed by atoms with Crippen LogP contribution in [0.3, 0.4) is 0 Å². The largest absolute Gasteiger partial charge is 0.376 e. The van der Waals surface area contributed by atoms with Gasteiger partial charge in [-0.15, -0.1) is 0 Å². The van der Waals surface area contributed by atoms with Crippen LogP contribution in [-0.2, 0) is 10.4 Å². The number of halogens is 1. The van der Waals surface area contributed by atoms with E-state index in [1.54, 1.807) is 6.92 Å². The van der Waals surface area contributed by atoms with Crippen molar-refractivity contribution in [3.05, 3.63) is 64.7 Å². The van der Waals surface area contributed by atoms with Crippen molar-refractivity contribution >= 4 is 29.1 Å². The van der Waals surface area contributed by atoms with Gasteiger partial charge in [0.2, 0.25) is 0 Å². The molecule has 6 nitrogen and oxygen atoms in total. The molecule has 3 heterocycles. The normalized spacial score (nSPS) is 20.9. The van der Waals surface area contributed by atoms with Gasteiger partial charge < -0.3 is 19.8 Å². The van der Waals surface area contributed by atoms with E-state index in [9.17, 15) is 14.7 Å². The third kappa shape index (κ3) is 5.65. The molecule has 2 amide bonds. The first-order chi connectivity index (χ1) is 17.8. The SMILES string of the molecule is C[C@](O)(C(=O)N1CCC(CC2CCN(c3ccc(C(=O)N4CCC4)c(Cl)c3)CC2)CC1)c1ccccc1. The Morgan fingerprint density at radius 3 is 2.08 bits per heavy atom. The average Bonchev–Trinajstić information content (AvgIpc) is 2.88. The molecule has 3 aliphatic heterocycles. The van der Waals surface area contributed by atoms with E-state index < -0.39 is 5.60 Å². The Kier molecular flexibility index (Phi) is 7.77. The first-order valence-corrected chi connectivity index (χ1v) is 14.1. The van der Waals surface area contributed by atoms with Crippen LogP contribution in [0.1, 0.15) is 61.4 Å². The van der Waals surface area contributed by atoms with E-state index in [2.05, 4.69) is 4.90 Å². The van der Waals surface area contributed by atoms with E-state index in [-0.39, 0.29) is 11.8 Å². The second-order valence-corrected chi connectivity index (χ2v) is 11.6. The third-order valence-electron chi connectivity index (χ3n) is 8.63. The van der Waals surface area contributed by atoms with Crippen molar-refractivity contribution in [2.24, 2.45) is 11.8 Å². The van der Waals surface area contributed by atoms with Crippen LogP contribution in [0.4, 0.5) is 5.69 Å². The number of carbonyl (C=O) groups is 2. The van der Waals surface area contributed by atoms with Gasteiger partial charge in [-0.1, -0.05) is 41.9 Å². The second-order valence-electron chi connectivity index (χ2n) is 11.1.